The first kappa shape index (κ1) is 20.4. The maximum Gasteiger partial charge on any atom is 0.312 e. The van der Waals surface area contributed by atoms with Crippen LogP contribution in [0.4, 0.5) is 5.69 Å². The highest BCUT2D eigenvalue weighted by atomic mass is 16.2. The van der Waals surface area contributed by atoms with Gasteiger partial charge in [0.05, 0.1) is 6.04 Å². The number of likely N-dealkylation sites (tertiary alicyclic amines) is 1. The van der Waals surface area contributed by atoms with Crippen LogP contribution in [0.3, 0.4) is 0 Å². The molecule has 0 aromatic heterocycles. The minimum Gasteiger partial charge on any atom is -0.345 e. The maximum atomic E-state index is 13.0. The van der Waals surface area contributed by atoms with Crippen molar-refractivity contribution in [1.82, 2.24) is 10.2 Å². The average molecular weight is 386 g/mol. The first-order valence-corrected chi connectivity index (χ1v) is 10.3. The van der Waals surface area contributed by atoms with Gasteiger partial charge in [-0.15, -0.1) is 0 Å². The Labute approximate surface area is 167 Å². The topological polar surface area (TPSA) is 78.5 Å². The first-order chi connectivity index (χ1) is 13.3. The van der Waals surface area contributed by atoms with Crippen LogP contribution in [0.1, 0.15) is 64.1 Å². The zero-order chi connectivity index (χ0) is 20.4. The number of nitrogens with one attached hydrogen (secondary N) is 2. The number of nitrogens with zero attached hydrogens (tertiary/aromatic N) is 1. The Morgan fingerprint density at radius 1 is 1.18 bits per heavy atom. The molecule has 6 heteroatoms. The molecule has 28 heavy (non-hydrogen) atoms. The molecule has 2 heterocycles. The van der Waals surface area contributed by atoms with E-state index in [1.54, 1.807) is 4.90 Å². The van der Waals surface area contributed by atoms with E-state index in [1.807, 2.05) is 32.9 Å². The van der Waals surface area contributed by atoms with Crippen LogP contribution in [0.5, 0.6) is 0 Å². The van der Waals surface area contributed by atoms with E-state index in [-0.39, 0.29) is 23.9 Å². The lowest BCUT2D eigenvalue weighted by Crippen LogP contribution is -2.50. The molecule has 0 spiro atoms. The molecule has 2 N–H and O–H groups in total. The van der Waals surface area contributed by atoms with Crippen LogP contribution in [-0.2, 0) is 20.8 Å². The predicted octanol–water partition coefficient (Wildman–Crippen LogP) is 3.03. The summed E-state index contributed by atoms with van der Waals surface area (Å²) in [6.07, 6.45) is 3.05. The van der Waals surface area contributed by atoms with Gasteiger partial charge >= 0.3 is 11.8 Å². The monoisotopic (exact) mass is 385 g/mol. The van der Waals surface area contributed by atoms with Crippen LogP contribution in [0.2, 0.25) is 0 Å². The minimum absolute atomic E-state index is 0.0412. The van der Waals surface area contributed by atoms with Gasteiger partial charge in [-0.25, -0.2) is 0 Å². The molecule has 1 saturated heterocycles. The molecular formula is C22H31N3O3. The van der Waals surface area contributed by atoms with Gasteiger partial charge in [-0.05, 0) is 55.2 Å². The molecule has 0 aliphatic carbocycles. The van der Waals surface area contributed by atoms with Gasteiger partial charge in [-0.2, -0.15) is 0 Å². The molecule has 0 bridgehead atoms. The fourth-order valence-electron chi connectivity index (χ4n) is 3.90. The van der Waals surface area contributed by atoms with Gasteiger partial charge < -0.3 is 15.5 Å². The van der Waals surface area contributed by atoms with Crippen molar-refractivity contribution in [2.24, 2.45) is 11.8 Å². The molecule has 0 radical (unpaired) electrons. The van der Waals surface area contributed by atoms with Crippen LogP contribution in [0, 0.1) is 11.8 Å². The van der Waals surface area contributed by atoms with Crippen molar-refractivity contribution < 1.29 is 14.4 Å². The molecule has 1 fully saturated rings. The third-order valence-corrected chi connectivity index (χ3v) is 6.04. The number of anilines is 1. The van der Waals surface area contributed by atoms with E-state index in [0.29, 0.717) is 25.3 Å². The highest BCUT2D eigenvalue weighted by molar-refractivity contribution is 6.35. The van der Waals surface area contributed by atoms with E-state index < -0.39 is 11.8 Å². The van der Waals surface area contributed by atoms with Crippen LogP contribution >= 0.6 is 0 Å². The summed E-state index contributed by atoms with van der Waals surface area (Å²) in [5.41, 5.74) is 2.99. The first-order valence-electron chi connectivity index (χ1n) is 10.3. The van der Waals surface area contributed by atoms with Crippen LogP contribution < -0.4 is 10.6 Å². The molecule has 3 atom stereocenters. The molecule has 6 nitrogen and oxygen atoms in total. The summed E-state index contributed by atoms with van der Waals surface area (Å²) in [5, 5.41) is 5.74. The highest BCUT2D eigenvalue weighted by Gasteiger charge is 2.35. The lowest BCUT2D eigenvalue weighted by atomic mass is 9.88. The van der Waals surface area contributed by atoms with Gasteiger partial charge in [-0.1, -0.05) is 32.9 Å². The van der Waals surface area contributed by atoms with Crippen LogP contribution in [0.25, 0.3) is 0 Å². The van der Waals surface area contributed by atoms with Crippen LogP contribution in [-0.4, -0.2) is 35.2 Å². The number of carbonyl (C=O) groups excluding carboxylic acids is 3. The van der Waals surface area contributed by atoms with Gasteiger partial charge in [-0.3, -0.25) is 14.4 Å². The predicted molar refractivity (Wildman–Crippen MR) is 109 cm³/mol. The number of amides is 3. The standard InChI is InChI=1S/C22H31N3O3/c1-13(2)15(4)23-21(27)22(28)25-12-14(3)5-9-19(25)17-6-8-18-16(11-17)7-10-20(26)24-18/h6,8,11,13-15,19H,5,7,9-10,12H2,1-4H3,(H,23,27)(H,24,26)/t14-,15-,19+/m0/s1. The Kier molecular flexibility index (Phi) is 6.06. The maximum absolute atomic E-state index is 13.0. The van der Waals surface area contributed by atoms with Crippen molar-refractivity contribution in [1.29, 1.82) is 0 Å². The molecule has 2 aliphatic rings. The van der Waals surface area contributed by atoms with E-state index >= 15 is 0 Å². The van der Waals surface area contributed by atoms with E-state index in [4.69, 9.17) is 0 Å². The number of aryl methyl sites for hydroxylation is 1. The number of hydrogen-bond donors (Lipinski definition) is 2. The lowest BCUT2D eigenvalue weighted by Gasteiger charge is -2.39. The SMILES string of the molecule is CC(C)[C@H](C)NC(=O)C(=O)N1C[C@@H](C)CC[C@@H]1c1ccc2c(c1)CCC(=O)N2. The Bertz CT molecular complexity index is 774. The second kappa shape index (κ2) is 8.33. The largest absolute Gasteiger partial charge is 0.345 e. The summed E-state index contributed by atoms with van der Waals surface area (Å²) < 4.78 is 0. The van der Waals surface area contributed by atoms with Crippen molar-refractivity contribution in [3.8, 4) is 0 Å². The summed E-state index contributed by atoms with van der Waals surface area (Å²) >= 11 is 0. The number of hydrogen-bond acceptors (Lipinski definition) is 3. The Morgan fingerprint density at radius 2 is 1.93 bits per heavy atom. The van der Waals surface area contributed by atoms with Gasteiger partial charge in [0.25, 0.3) is 0 Å². The van der Waals surface area contributed by atoms with Crippen molar-refractivity contribution in [2.45, 2.75) is 65.5 Å². The van der Waals surface area contributed by atoms with E-state index in [0.717, 1.165) is 29.7 Å². The zero-order valence-corrected chi connectivity index (χ0v) is 17.2. The Balaban J connectivity index is 1.81. The van der Waals surface area contributed by atoms with Crippen LogP contribution in [0.15, 0.2) is 18.2 Å². The third-order valence-electron chi connectivity index (χ3n) is 6.04. The Morgan fingerprint density at radius 3 is 2.64 bits per heavy atom. The molecule has 0 saturated carbocycles. The average Bonchev–Trinajstić information content (AvgIpc) is 2.66. The molecule has 2 aliphatic heterocycles. The van der Waals surface area contributed by atoms with E-state index in [1.165, 1.54) is 0 Å². The zero-order valence-electron chi connectivity index (χ0n) is 17.2. The number of benzene rings is 1. The summed E-state index contributed by atoms with van der Waals surface area (Å²) in [4.78, 5) is 38.9. The Hall–Kier alpha value is -2.37. The normalized spacial score (nSPS) is 23.0. The quantitative estimate of drug-likeness (QED) is 0.785. The second-order valence-corrected chi connectivity index (χ2v) is 8.63. The fraction of sp³-hybridized carbons (Fsp3) is 0.591. The van der Waals surface area contributed by atoms with E-state index in [2.05, 4.69) is 23.6 Å². The second-order valence-electron chi connectivity index (χ2n) is 8.63. The number of piperidine rings is 1. The number of rotatable bonds is 3. The lowest BCUT2D eigenvalue weighted by molar-refractivity contribution is -0.149. The molecule has 152 valence electrons. The van der Waals surface area contributed by atoms with Gasteiger partial charge in [0, 0.05) is 24.7 Å². The van der Waals surface area contributed by atoms with Gasteiger partial charge in [0.15, 0.2) is 0 Å². The third kappa shape index (κ3) is 4.37. The summed E-state index contributed by atoms with van der Waals surface area (Å²) in [6, 6.07) is 5.82. The molecule has 0 unspecified atom stereocenters. The number of carbonyl (C=O) groups is 3. The van der Waals surface area contributed by atoms with Crippen molar-refractivity contribution >= 4 is 23.4 Å². The fourth-order valence-corrected chi connectivity index (χ4v) is 3.90. The van der Waals surface area contributed by atoms with Gasteiger partial charge in [0.1, 0.15) is 0 Å². The van der Waals surface area contributed by atoms with Gasteiger partial charge in [0.2, 0.25) is 5.91 Å². The van der Waals surface area contributed by atoms with Crippen molar-refractivity contribution in [3.63, 3.8) is 0 Å². The number of fused-ring (bicyclic) bond motifs is 1. The summed E-state index contributed by atoms with van der Waals surface area (Å²) in [6.45, 7) is 8.67. The summed E-state index contributed by atoms with van der Waals surface area (Å²) in [7, 11) is 0. The van der Waals surface area contributed by atoms with Crippen molar-refractivity contribution in [3.05, 3.63) is 29.3 Å². The van der Waals surface area contributed by atoms with Crippen molar-refractivity contribution in [2.75, 3.05) is 11.9 Å². The minimum atomic E-state index is -0.523. The summed E-state index contributed by atoms with van der Waals surface area (Å²) in [5.74, 6) is -0.295. The molecular weight excluding hydrogens is 354 g/mol. The molecule has 1 aromatic rings. The smallest absolute Gasteiger partial charge is 0.312 e. The molecule has 1 aromatic carbocycles. The molecule has 3 rings (SSSR count). The molecule has 3 amide bonds. The highest BCUT2D eigenvalue weighted by Crippen LogP contribution is 2.35. The van der Waals surface area contributed by atoms with E-state index in [9.17, 15) is 14.4 Å².